The summed E-state index contributed by atoms with van der Waals surface area (Å²) in [6.45, 7) is 3.42. The molecular formula is C17H18ClNO3S. The van der Waals surface area contributed by atoms with E-state index in [4.69, 9.17) is 21.1 Å². The van der Waals surface area contributed by atoms with Crippen LogP contribution in [0.5, 0.6) is 17.2 Å². The summed E-state index contributed by atoms with van der Waals surface area (Å²) in [4.78, 5) is 12.8. The van der Waals surface area contributed by atoms with Gasteiger partial charge in [0.25, 0.3) is 5.24 Å². The fourth-order valence-corrected chi connectivity index (χ4v) is 2.35. The third-order valence-electron chi connectivity index (χ3n) is 3.14. The third kappa shape index (κ3) is 5.69. The van der Waals surface area contributed by atoms with Gasteiger partial charge in [0.05, 0.1) is 6.54 Å². The molecule has 0 N–H and O–H groups in total. The number of hydrogen-bond acceptors (Lipinski definition) is 3. The van der Waals surface area contributed by atoms with Crippen LogP contribution in [0.25, 0.3) is 0 Å². The van der Waals surface area contributed by atoms with Gasteiger partial charge in [0.1, 0.15) is 23.9 Å². The molecule has 6 heteroatoms. The zero-order valence-electron chi connectivity index (χ0n) is 12.7. The number of thiol groups is 1. The van der Waals surface area contributed by atoms with Crippen LogP contribution in [0.3, 0.4) is 0 Å². The molecule has 1 amide bonds. The summed E-state index contributed by atoms with van der Waals surface area (Å²) in [6, 6.07) is 14.5. The van der Waals surface area contributed by atoms with Crippen molar-refractivity contribution < 1.29 is 14.3 Å². The average molecular weight is 352 g/mol. The SMILES string of the molecule is CCN(CCOc1ccc(Oc2cccc(Cl)c2)cc1)C(=O)S. The summed E-state index contributed by atoms with van der Waals surface area (Å²) in [5.41, 5.74) is 0. The van der Waals surface area contributed by atoms with E-state index in [-0.39, 0.29) is 5.24 Å². The van der Waals surface area contributed by atoms with E-state index in [1.54, 1.807) is 17.0 Å². The van der Waals surface area contributed by atoms with E-state index in [2.05, 4.69) is 12.6 Å². The van der Waals surface area contributed by atoms with E-state index in [0.717, 1.165) is 0 Å². The monoisotopic (exact) mass is 351 g/mol. The predicted molar refractivity (Wildman–Crippen MR) is 95.1 cm³/mol. The summed E-state index contributed by atoms with van der Waals surface area (Å²) < 4.78 is 11.3. The Morgan fingerprint density at radius 3 is 2.43 bits per heavy atom. The number of carbonyl (C=O) groups excluding carboxylic acids is 1. The van der Waals surface area contributed by atoms with E-state index in [1.807, 2.05) is 43.3 Å². The second-order valence-electron chi connectivity index (χ2n) is 4.74. The molecule has 2 rings (SSSR count). The predicted octanol–water partition coefficient (Wildman–Crippen LogP) is 4.88. The van der Waals surface area contributed by atoms with Crippen molar-refractivity contribution in [2.75, 3.05) is 19.7 Å². The lowest BCUT2D eigenvalue weighted by atomic mass is 10.3. The van der Waals surface area contributed by atoms with E-state index in [0.29, 0.717) is 42.0 Å². The molecule has 0 aliphatic carbocycles. The average Bonchev–Trinajstić information content (AvgIpc) is 2.53. The standard InChI is InChI=1S/C17H18ClNO3S/c1-2-19(17(20)23)10-11-21-14-6-8-15(9-7-14)22-16-5-3-4-13(18)12-16/h3-9,12H,2,10-11H2,1H3,(H,20,23). The van der Waals surface area contributed by atoms with Crippen molar-refractivity contribution in [3.63, 3.8) is 0 Å². The number of likely N-dealkylation sites (N-methyl/N-ethyl adjacent to an activating group) is 1. The highest BCUT2D eigenvalue weighted by molar-refractivity contribution is 7.96. The molecule has 23 heavy (non-hydrogen) atoms. The van der Waals surface area contributed by atoms with Crippen molar-refractivity contribution in [2.24, 2.45) is 0 Å². The van der Waals surface area contributed by atoms with Crippen LogP contribution in [0.4, 0.5) is 4.79 Å². The number of ether oxygens (including phenoxy) is 2. The first-order valence-electron chi connectivity index (χ1n) is 7.22. The number of rotatable bonds is 7. The quantitative estimate of drug-likeness (QED) is 0.722. The highest BCUT2D eigenvalue weighted by Gasteiger charge is 2.06. The number of hydrogen-bond donors (Lipinski definition) is 1. The maximum absolute atomic E-state index is 11.2. The summed E-state index contributed by atoms with van der Waals surface area (Å²) in [6.07, 6.45) is 0. The Kier molecular flexibility index (Phi) is 6.62. The number of carbonyl (C=O) groups is 1. The Bertz CT molecular complexity index is 649. The largest absolute Gasteiger partial charge is 0.492 e. The molecule has 0 aliphatic heterocycles. The zero-order chi connectivity index (χ0) is 16.7. The highest BCUT2D eigenvalue weighted by Crippen LogP contribution is 2.25. The van der Waals surface area contributed by atoms with E-state index < -0.39 is 0 Å². The molecule has 0 saturated carbocycles. The Balaban J connectivity index is 1.86. The normalized spacial score (nSPS) is 10.2. The van der Waals surface area contributed by atoms with E-state index in [1.165, 1.54) is 0 Å². The van der Waals surface area contributed by atoms with Crippen molar-refractivity contribution in [3.05, 3.63) is 53.6 Å². The Morgan fingerprint density at radius 2 is 1.83 bits per heavy atom. The fraction of sp³-hybridized carbons (Fsp3) is 0.235. The maximum atomic E-state index is 11.2. The van der Waals surface area contributed by atoms with Crippen molar-refractivity contribution in [1.29, 1.82) is 0 Å². The molecular weight excluding hydrogens is 334 g/mol. The Morgan fingerprint density at radius 1 is 1.13 bits per heavy atom. The fourth-order valence-electron chi connectivity index (χ4n) is 1.93. The lowest BCUT2D eigenvalue weighted by molar-refractivity contribution is 0.208. The van der Waals surface area contributed by atoms with Crippen LogP contribution >= 0.6 is 24.2 Å². The minimum Gasteiger partial charge on any atom is -0.492 e. The second-order valence-corrected chi connectivity index (χ2v) is 5.56. The van der Waals surface area contributed by atoms with Crippen molar-refractivity contribution >= 4 is 29.5 Å². The molecule has 0 fully saturated rings. The number of amides is 1. The molecule has 2 aromatic rings. The summed E-state index contributed by atoms with van der Waals surface area (Å²) in [7, 11) is 0. The zero-order valence-corrected chi connectivity index (χ0v) is 14.4. The van der Waals surface area contributed by atoms with Crippen LogP contribution < -0.4 is 9.47 Å². The molecule has 0 aromatic heterocycles. The first-order valence-corrected chi connectivity index (χ1v) is 8.05. The first kappa shape index (κ1) is 17.5. The maximum Gasteiger partial charge on any atom is 0.278 e. The Hall–Kier alpha value is -1.85. The third-order valence-corrected chi connectivity index (χ3v) is 3.66. The van der Waals surface area contributed by atoms with Gasteiger partial charge in [0.15, 0.2) is 0 Å². The molecule has 0 aliphatic rings. The van der Waals surface area contributed by atoms with Crippen molar-refractivity contribution in [2.45, 2.75) is 6.92 Å². The van der Waals surface area contributed by atoms with Gasteiger partial charge in [-0.25, -0.2) is 0 Å². The summed E-state index contributed by atoms with van der Waals surface area (Å²) in [5.74, 6) is 2.09. The van der Waals surface area contributed by atoms with Crippen LogP contribution in [0, 0.1) is 0 Å². The van der Waals surface area contributed by atoms with Gasteiger partial charge in [-0.2, -0.15) is 0 Å². The molecule has 0 atom stereocenters. The van der Waals surface area contributed by atoms with Gasteiger partial charge in [-0.05, 0) is 49.4 Å². The topological polar surface area (TPSA) is 38.8 Å². The second kappa shape index (κ2) is 8.70. The van der Waals surface area contributed by atoms with Crippen LogP contribution in [-0.2, 0) is 0 Å². The minimum absolute atomic E-state index is 0.249. The molecule has 2 aromatic carbocycles. The van der Waals surface area contributed by atoms with Gasteiger partial charge in [0, 0.05) is 11.6 Å². The Labute approximate surface area is 146 Å². The molecule has 0 spiro atoms. The number of halogens is 1. The van der Waals surface area contributed by atoms with Gasteiger partial charge in [0.2, 0.25) is 0 Å². The van der Waals surface area contributed by atoms with Crippen molar-refractivity contribution in [3.8, 4) is 17.2 Å². The van der Waals surface area contributed by atoms with Crippen LogP contribution in [0.1, 0.15) is 6.92 Å². The van der Waals surface area contributed by atoms with Crippen LogP contribution in [-0.4, -0.2) is 29.8 Å². The van der Waals surface area contributed by atoms with Crippen molar-refractivity contribution in [1.82, 2.24) is 4.90 Å². The van der Waals surface area contributed by atoms with Gasteiger partial charge in [-0.3, -0.25) is 4.79 Å². The summed E-state index contributed by atoms with van der Waals surface area (Å²) in [5, 5.41) is 0.378. The smallest absolute Gasteiger partial charge is 0.278 e. The highest BCUT2D eigenvalue weighted by atomic mass is 35.5. The molecule has 0 radical (unpaired) electrons. The van der Waals surface area contributed by atoms with Crippen LogP contribution in [0.15, 0.2) is 48.5 Å². The van der Waals surface area contributed by atoms with E-state index in [9.17, 15) is 4.79 Å². The first-order chi connectivity index (χ1) is 11.1. The summed E-state index contributed by atoms with van der Waals surface area (Å²) >= 11 is 9.73. The molecule has 0 saturated heterocycles. The lowest BCUT2D eigenvalue weighted by Gasteiger charge is -2.18. The van der Waals surface area contributed by atoms with Gasteiger partial charge >= 0.3 is 0 Å². The lowest BCUT2D eigenvalue weighted by Crippen LogP contribution is -2.30. The molecule has 4 nitrogen and oxygen atoms in total. The molecule has 0 bridgehead atoms. The molecule has 0 heterocycles. The van der Waals surface area contributed by atoms with Gasteiger partial charge in [-0.15, -0.1) is 0 Å². The van der Waals surface area contributed by atoms with Gasteiger partial charge in [-0.1, -0.05) is 30.3 Å². The van der Waals surface area contributed by atoms with Gasteiger partial charge < -0.3 is 14.4 Å². The molecule has 122 valence electrons. The molecule has 0 unspecified atom stereocenters. The minimum atomic E-state index is -0.249. The van der Waals surface area contributed by atoms with E-state index >= 15 is 0 Å². The number of nitrogens with zero attached hydrogens (tertiary/aromatic N) is 1. The number of benzene rings is 2. The van der Waals surface area contributed by atoms with Crippen LogP contribution in [0.2, 0.25) is 5.02 Å².